The topological polar surface area (TPSA) is 20.2 Å². The summed E-state index contributed by atoms with van der Waals surface area (Å²) in [6.45, 7) is 2.18. The summed E-state index contributed by atoms with van der Waals surface area (Å²) in [5.41, 5.74) is 2.67. The Morgan fingerprint density at radius 2 is 1.84 bits per heavy atom. The Bertz CT molecular complexity index is 408. The molecule has 0 saturated heterocycles. The molecule has 1 aromatic carbocycles. The highest BCUT2D eigenvalue weighted by Gasteiger charge is 2.39. The third-order valence-electron chi connectivity index (χ3n) is 5.36. The Balaban J connectivity index is 1.51. The molecule has 4 atom stereocenters. The number of aliphatic hydroxyl groups is 1. The van der Waals surface area contributed by atoms with E-state index in [-0.39, 0.29) is 6.10 Å². The molecule has 0 radical (unpaired) electrons. The first-order valence-corrected chi connectivity index (χ1v) is 8.00. The molecule has 2 aliphatic carbocycles. The largest absolute Gasteiger partial charge is 0.393 e. The highest BCUT2D eigenvalue weighted by atomic mass is 16.3. The second-order valence-electron chi connectivity index (χ2n) is 6.70. The van der Waals surface area contributed by atoms with Crippen LogP contribution < -0.4 is 0 Å². The molecule has 2 aliphatic rings. The lowest BCUT2D eigenvalue weighted by Gasteiger charge is -2.24. The average molecular weight is 258 g/mol. The predicted octanol–water partition coefficient (Wildman–Crippen LogP) is 3.98. The van der Waals surface area contributed by atoms with Crippen LogP contribution in [0.1, 0.15) is 50.2 Å². The molecule has 2 bridgehead atoms. The maximum absolute atomic E-state index is 10.3. The number of benzene rings is 1. The standard InChI is InChI=1S/C18H26O/c1-2-13-3-5-14(6-4-13)11-18(19)12-17-10-15-7-8-16(17)9-15/h3-6,15-19H,2,7-12H2,1H3. The molecule has 2 fully saturated rings. The molecule has 1 aromatic rings. The van der Waals surface area contributed by atoms with Crippen molar-refractivity contribution >= 4 is 0 Å². The quantitative estimate of drug-likeness (QED) is 0.847. The van der Waals surface area contributed by atoms with E-state index in [4.69, 9.17) is 0 Å². The van der Waals surface area contributed by atoms with Crippen molar-refractivity contribution in [3.8, 4) is 0 Å². The Labute approximate surface area is 117 Å². The lowest BCUT2D eigenvalue weighted by atomic mass is 9.84. The minimum atomic E-state index is -0.142. The lowest BCUT2D eigenvalue weighted by molar-refractivity contribution is 0.124. The van der Waals surface area contributed by atoms with Gasteiger partial charge in [0, 0.05) is 0 Å². The van der Waals surface area contributed by atoms with Crippen LogP contribution in [0.5, 0.6) is 0 Å². The number of hydrogen-bond donors (Lipinski definition) is 1. The molecule has 2 saturated carbocycles. The fourth-order valence-electron chi connectivity index (χ4n) is 4.28. The molecular weight excluding hydrogens is 232 g/mol. The van der Waals surface area contributed by atoms with Gasteiger partial charge in [-0.1, -0.05) is 37.6 Å². The molecule has 1 N–H and O–H groups in total. The molecule has 19 heavy (non-hydrogen) atoms. The zero-order valence-electron chi connectivity index (χ0n) is 12.0. The second-order valence-corrected chi connectivity index (χ2v) is 6.70. The van der Waals surface area contributed by atoms with Crippen LogP contribution in [0, 0.1) is 17.8 Å². The zero-order valence-corrected chi connectivity index (χ0v) is 12.0. The molecule has 3 rings (SSSR count). The summed E-state index contributed by atoms with van der Waals surface area (Å²) in [7, 11) is 0. The van der Waals surface area contributed by atoms with Gasteiger partial charge in [-0.05, 0) is 67.4 Å². The van der Waals surface area contributed by atoms with Crippen LogP contribution in [0.3, 0.4) is 0 Å². The molecule has 0 spiro atoms. The van der Waals surface area contributed by atoms with Crippen molar-refractivity contribution in [2.45, 2.75) is 58.0 Å². The zero-order chi connectivity index (χ0) is 13.2. The Morgan fingerprint density at radius 1 is 1.11 bits per heavy atom. The van der Waals surface area contributed by atoms with Gasteiger partial charge in [0.05, 0.1) is 6.10 Å². The summed E-state index contributed by atoms with van der Waals surface area (Å²) in [6.07, 6.45) is 8.52. The summed E-state index contributed by atoms with van der Waals surface area (Å²) < 4.78 is 0. The molecule has 4 unspecified atom stereocenters. The summed E-state index contributed by atoms with van der Waals surface area (Å²) in [4.78, 5) is 0. The molecule has 1 heteroatoms. The molecule has 0 heterocycles. The van der Waals surface area contributed by atoms with Gasteiger partial charge in [0.15, 0.2) is 0 Å². The summed E-state index contributed by atoms with van der Waals surface area (Å²) in [6, 6.07) is 8.75. The predicted molar refractivity (Wildman–Crippen MR) is 79.1 cm³/mol. The highest BCUT2D eigenvalue weighted by molar-refractivity contribution is 5.23. The average Bonchev–Trinajstić information content (AvgIpc) is 3.02. The summed E-state index contributed by atoms with van der Waals surface area (Å²) >= 11 is 0. The molecule has 1 nitrogen and oxygen atoms in total. The van der Waals surface area contributed by atoms with Crippen LogP contribution in [-0.2, 0) is 12.8 Å². The van der Waals surface area contributed by atoms with Crippen LogP contribution in [0.25, 0.3) is 0 Å². The first kappa shape index (κ1) is 13.2. The number of hydrogen-bond acceptors (Lipinski definition) is 1. The lowest BCUT2D eigenvalue weighted by Crippen LogP contribution is -2.20. The van der Waals surface area contributed by atoms with Crippen LogP contribution in [-0.4, -0.2) is 11.2 Å². The van der Waals surface area contributed by atoms with Gasteiger partial charge in [-0.25, -0.2) is 0 Å². The summed E-state index contributed by atoms with van der Waals surface area (Å²) in [5, 5.41) is 10.3. The van der Waals surface area contributed by atoms with Crippen molar-refractivity contribution in [3.63, 3.8) is 0 Å². The van der Waals surface area contributed by atoms with Crippen molar-refractivity contribution in [2.24, 2.45) is 17.8 Å². The molecule has 0 aliphatic heterocycles. The first-order chi connectivity index (χ1) is 9.24. The van der Waals surface area contributed by atoms with Crippen molar-refractivity contribution in [1.29, 1.82) is 0 Å². The van der Waals surface area contributed by atoms with Crippen LogP contribution in [0.2, 0.25) is 0 Å². The van der Waals surface area contributed by atoms with Crippen molar-refractivity contribution in [3.05, 3.63) is 35.4 Å². The smallest absolute Gasteiger partial charge is 0.0583 e. The number of fused-ring (bicyclic) bond motifs is 2. The van der Waals surface area contributed by atoms with Gasteiger partial charge in [0.25, 0.3) is 0 Å². The van der Waals surface area contributed by atoms with E-state index in [0.717, 1.165) is 37.0 Å². The molecule has 104 valence electrons. The summed E-state index contributed by atoms with van der Waals surface area (Å²) in [5.74, 6) is 2.73. The van der Waals surface area contributed by atoms with Gasteiger partial charge in [0.2, 0.25) is 0 Å². The maximum Gasteiger partial charge on any atom is 0.0583 e. The Hall–Kier alpha value is -0.820. The minimum absolute atomic E-state index is 0.142. The van der Waals surface area contributed by atoms with E-state index in [2.05, 4.69) is 31.2 Å². The second kappa shape index (κ2) is 5.66. The SMILES string of the molecule is CCc1ccc(CC(O)CC2CC3CCC2C3)cc1. The van der Waals surface area contributed by atoms with Gasteiger partial charge in [-0.3, -0.25) is 0 Å². The third kappa shape index (κ3) is 3.02. The normalized spacial score (nSPS) is 30.7. The minimum Gasteiger partial charge on any atom is -0.393 e. The number of rotatable bonds is 5. The van der Waals surface area contributed by atoms with Gasteiger partial charge >= 0.3 is 0 Å². The van der Waals surface area contributed by atoms with Gasteiger partial charge in [-0.15, -0.1) is 0 Å². The van der Waals surface area contributed by atoms with E-state index >= 15 is 0 Å². The van der Waals surface area contributed by atoms with E-state index in [1.165, 1.54) is 36.8 Å². The van der Waals surface area contributed by atoms with E-state index in [9.17, 15) is 5.11 Å². The third-order valence-corrected chi connectivity index (χ3v) is 5.36. The van der Waals surface area contributed by atoms with Gasteiger partial charge in [-0.2, -0.15) is 0 Å². The van der Waals surface area contributed by atoms with Gasteiger partial charge in [0.1, 0.15) is 0 Å². The van der Waals surface area contributed by atoms with Crippen molar-refractivity contribution < 1.29 is 5.11 Å². The number of aryl methyl sites for hydroxylation is 1. The van der Waals surface area contributed by atoms with E-state index in [1.54, 1.807) is 0 Å². The highest BCUT2D eigenvalue weighted by Crippen LogP contribution is 2.49. The van der Waals surface area contributed by atoms with E-state index in [1.807, 2.05) is 0 Å². The van der Waals surface area contributed by atoms with Crippen LogP contribution >= 0.6 is 0 Å². The molecular formula is C18H26O. The van der Waals surface area contributed by atoms with E-state index < -0.39 is 0 Å². The molecule has 0 aromatic heterocycles. The Kier molecular flexibility index (Phi) is 3.93. The first-order valence-electron chi connectivity index (χ1n) is 8.00. The van der Waals surface area contributed by atoms with Crippen LogP contribution in [0.4, 0.5) is 0 Å². The fourth-order valence-corrected chi connectivity index (χ4v) is 4.28. The maximum atomic E-state index is 10.3. The van der Waals surface area contributed by atoms with Gasteiger partial charge < -0.3 is 5.11 Å². The number of aliphatic hydroxyl groups excluding tert-OH is 1. The van der Waals surface area contributed by atoms with Crippen molar-refractivity contribution in [1.82, 2.24) is 0 Å². The monoisotopic (exact) mass is 258 g/mol. The fraction of sp³-hybridized carbons (Fsp3) is 0.667. The van der Waals surface area contributed by atoms with E-state index in [0.29, 0.717) is 0 Å². The van der Waals surface area contributed by atoms with Crippen LogP contribution in [0.15, 0.2) is 24.3 Å². The molecule has 0 amide bonds. The Morgan fingerprint density at radius 3 is 2.42 bits per heavy atom. The van der Waals surface area contributed by atoms with Crippen molar-refractivity contribution in [2.75, 3.05) is 0 Å².